The van der Waals surface area contributed by atoms with Gasteiger partial charge in [-0.3, -0.25) is 4.99 Å². The maximum absolute atomic E-state index is 15.5. The molecule has 9 nitrogen and oxygen atoms in total. The number of quaternary nitrogens is 1. The average Bonchev–Trinajstić information content (AvgIpc) is 3.58. The molecule has 6 rings (SSSR count). The number of rotatable bonds is 6. The Morgan fingerprint density at radius 1 is 1.05 bits per heavy atom. The summed E-state index contributed by atoms with van der Waals surface area (Å²) < 4.78 is 68.4. The molecule has 5 aromatic rings. The quantitative estimate of drug-likeness (QED) is 0.130. The van der Waals surface area contributed by atoms with Crippen LogP contribution in [0, 0.1) is 5.82 Å². The second-order valence-corrected chi connectivity index (χ2v) is 10.6. The van der Waals surface area contributed by atoms with Crippen molar-refractivity contribution in [3.63, 3.8) is 0 Å². The molecule has 0 amide bonds. The lowest BCUT2D eigenvalue weighted by atomic mass is 9.98. The van der Waals surface area contributed by atoms with E-state index in [1.807, 2.05) is 24.3 Å². The Hall–Kier alpha value is -4.75. The number of aliphatic imine (C=N–C) groups is 1. The molecule has 43 heavy (non-hydrogen) atoms. The van der Waals surface area contributed by atoms with Gasteiger partial charge in [-0.05, 0) is 42.0 Å². The van der Waals surface area contributed by atoms with Gasteiger partial charge in [0.15, 0.2) is 17.1 Å². The van der Waals surface area contributed by atoms with Crippen molar-refractivity contribution in [2.24, 2.45) is 4.99 Å². The summed E-state index contributed by atoms with van der Waals surface area (Å²) in [5.74, 6) is -1.64. The SMILES string of the molecule is C[N+]1(Cc2ccccc2-c2ccc(N=C([O-])c3cc(C(F)(F)F)nn3-c3ccc4onc(N)c4c3)cc2F)CCOCC1. The van der Waals surface area contributed by atoms with Gasteiger partial charge in [0.25, 0.3) is 0 Å². The molecule has 0 atom stereocenters. The first-order valence-electron chi connectivity index (χ1n) is 13.4. The predicted molar refractivity (Wildman–Crippen MR) is 149 cm³/mol. The van der Waals surface area contributed by atoms with Crippen molar-refractivity contribution >= 4 is 28.4 Å². The van der Waals surface area contributed by atoms with Gasteiger partial charge in [-0.25, -0.2) is 9.07 Å². The largest absolute Gasteiger partial charge is 0.857 e. The minimum Gasteiger partial charge on any atom is -0.857 e. The molecular weight excluding hydrogens is 568 g/mol. The number of hydrogen-bond acceptors (Lipinski definition) is 7. The molecule has 0 aliphatic carbocycles. The summed E-state index contributed by atoms with van der Waals surface area (Å²) in [6.45, 7) is 3.67. The Labute approximate surface area is 243 Å². The van der Waals surface area contributed by atoms with Crippen molar-refractivity contribution in [3.8, 4) is 16.8 Å². The van der Waals surface area contributed by atoms with Gasteiger partial charge in [-0.15, -0.1) is 0 Å². The van der Waals surface area contributed by atoms with Crippen LogP contribution in [0.2, 0.25) is 0 Å². The van der Waals surface area contributed by atoms with E-state index in [1.165, 1.54) is 30.3 Å². The molecular formula is C30H26F4N6O3. The number of likely N-dealkylation sites (N-methyl/N-ethyl adjacent to an activating group) is 1. The number of halogens is 4. The summed E-state index contributed by atoms with van der Waals surface area (Å²) in [6, 6.07) is 16.4. The number of aromatic nitrogens is 3. The fraction of sp³-hybridized carbons (Fsp3) is 0.233. The smallest absolute Gasteiger partial charge is 0.435 e. The molecule has 2 N–H and O–H groups in total. The highest BCUT2D eigenvalue weighted by Gasteiger charge is 2.35. The van der Waals surface area contributed by atoms with E-state index >= 15 is 4.39 Å². The number of morpholine rings is 1. The summed E-state index contributed by atoms with van der Waals surface area (Å²) >= 11 is 0. The Morgan fingerprint density at radius 3 is 2.56 bits per heavy atom. The number of fused-ring (bicyclic) bond motifs is 1. The molecule has 1 aliphatic heterocycles. The van der Waals surface area contributed by atoms with Gasteiger partial charge in [0.1, 0.15) is 25.5 Å². The lowest BCUT2D eigenvalue weighted by Crippen LogP contribution is -2.51. The number of anilines is 1. The van der Waals surface area contributed by atoms with Gasteiger partial charge >= 0.3 is 6.18 Å². The van der Waals surface area contributed by atoms with Crippen molar-refractivity contribution in [1.82, 2.24) is 14.9 Å². The van der Waals surface area contributed by atoms with Crippen LogP contribution >= 0.6 is 0 Å². The van der Waals surface area contributed by atoms with Crippen LogP contribution in [0.5, 0.6) is 0 Å². The molecule has 1 saturated heterocycles. The van der Waals surface area contributed by atoms with E-state index in [-0.39, 0.29) is 17.2 Å². The summed E-state index contributed by atoms with van der Waals surface area (Å²) in [4.78, 5) is 3.92. The zero-order valence-corrected chi connectivity index (χ0v) is 22.9. The highest BCUT2D eigenvalue weighted by molar-refractivity contribution is 5.93. The van der Waals surface area contributed by atoms with E-state index in [9.17, 15) is 18.3 Å². The first kappa shape index (κ1) is 28.4. The van der Waals surface area contributed by atoms with Crippen molar-refractivity contribution in [2.45, 2.75) is 12.7 Å². The van der Waals surface area contributed by atoms with Crippen molar-refractivity contribution in [3.05, 3.63) is 89.5 Å². The minimum absolute atomic E-state index is 0.0237. The molecule has 0 bridgehead atoms. The summed E-state index contributed by atoms with van der Waals surface area (Å²) in [5, 5.41) is 20.8. The third-order valence-electron chi connectivity index (χ3n) is 7.54. The highest BCUT2D eigenvalue weighted by Crippen LogP contribution is 2.33. The molecule has 1 fully saturated rings. The van der Waals surface area contributed by atoms with Gasteiger partial charge in [-0.2, -0.15) is 18.3 Å². The monoisotopic (exact) mass is 594 g/mol. The molecule has 3 aromatic carbocycles. The van der Waals surface area contributed by atoms with Crippen LogP contribution in [0.4, 0.5) is 29.1 Å². The number of nitrogen functional groups attached to an aromatic ring is 1. The zero-order chi connectivity index (χ0) is 30.4. The molecule has 1 aliphatic rings. The number of ether oxygens (including phenoxy) is 1. The average molecular weight is 595 g/mol. The van der Waals surface area contributed by atoms with Crippen LogP contribution in [0.1, 0.15) is 17.0 Å². The highest BCUT2D eigenvalue weighted by atomic mass is 19.4. The predicted octanol–water partition coefficient (Wildman–Crippen LogP) is 4.84. The van der Waals surface area contributed by atoms with Crippen molar-refractivity contribution < 1.29 is 36.4 Å². The molecule has 0 saturated carbocycles. The summed E-state index contributed by atoms with van der Waals surface area (Å²) in [6.07, 6.45) is -4.83. The van der Waals surface area contributed by atoms with Crippen LogP contribution in [0.3, 0.4) is 0 Å². The van der Waals surface area contributed by atoms with E-state index in [2.05, 4.69) is 22.3 Å². The number of benzene rings is 3. The molecule has 0 unspecified atom stereocenters. The fourth-order valence-electron chi connectivity index (χ4n) is 5.19. The van der Waals surface area contributed by atoms with Crippen LogP contribution in [-0.4, -0.2) is 58.7 Å². The summed E-state index contributed by atoms with van der Waals surface area (Å²) in [7, 11) is 2.14. The first-order chi connectivity index (χ1) is 20.5. The Kier molecular flexibility index (Phi) is 7.14. The fourth-order valence-corrected chi connectivity index (χ4v) is 5.19. The molecule has 13 heteroatoms. The second kappa shape index (κ2) is 10.8. The molecule has 3 heterocycles. The van der Waals surface area contributed by atoms with Crippen molar-refractivity contribution in [1.29, 1.82) is 0 Å². The van der Waals surface area contributed by atoms with E-state index in [1.54, 1.807) is 0 Å². The van der Waals surface area contributed by atoms with Gasteiger partial charge in [0.2, 0.25) is 0 Å². The molecule has 222 valence electrons. The van der Waals surface area contributed by atoms with Crippen LogP contribution in [0.15, 0.2) is 76.2 Å². The normalized spacial score (nSPS) is 15.7. The Balaban J connectivity index is 1.35. The zero-order valence-electron chi connectivity index (χ0n) is 22.9. The lowest BCUT2D eigenvalue weighted by Gasteiger charge is -2.38. The van der Waals surface area contributed by atoms with Crippen LogP contribution in [0.25, 0.3) is 27.8 Å². The number of nitrogens with zero attached hydrogens (tertiary/aromatic N) is 5. The molecule has 0 spiro atoms. The summed E-state index contributed by atoms with van der Waals surface area (Å²) in [5.41, 5.74) is 6.36. The van der Waals surface area contributed by atoms with E-state index in [0.717, 1.165) is 33.9 Å². The lowest BCUT2D eigenvalue weighted by molar-refractivity contribution is -0.929. The van der Waals surface area contributed by atoms with Crippen LogP contribution < -0.4 is 10.8 Å². The standard InChI is InChI=1S/C30H26F4N6O3/c1-40(10-12-42-13-11-40)17-18-4-2-3-5-21(18)22-8-6-19(14-24(22)31)36-29(41)25-16-27(30(32,33)34)37-39(25)20-7-9-26-23(15-20)28(35)38-43-26/h2-9,14-16H,10-13,17H2,1H3,(H2-,35,36,38,41). The Bertz CT molecular complexity index is 1840. The van der Waals surface area contributed by atoms with Gasteiger partial charge in [0, 0.05) is 23.1 Å². The maximum atomic E-state index is 15.5. The third kappa shape index (κ3) is 5.68. The maximum Gasteiger partial charge on any atom is 0.435 e. The topological polar surface area (TPSA) is 115 Å². The van der Waals surface area contributed by atoms with Gasteiger partial charge in [0.05, 0.1) is 42.7 Å². The molecule has 0 radical (unpaired) electrons. The van der Waals surface area contributed by atoms with Gasteiger partial charge in [-0.1, -0.05) is 29.4 Å². The number of nitrogens with two attached hydrogens (primary N) is 1. The first-order valence-corrected chi connectivity index (χ1v) is 13.4. The number of hydrogen-bond donors (Lipinski definition) is 1. The van der Waals surface area contributed by atoms with E-state index in [4.69, 9.17) is 15.0 Å². The van der Waals surface area contributed by atoms with Crippen molar-refractivity contribution in [2.75, 3.05) is 39.1 Å². The van der Waals surface area contributed by atoms with E-state index in [0.29, 0.717) is 47.9 Å². The minimum atomic E-state index is -4.83. The van der Waals surface area contributed by atoms with Gasteiger partial charge < -0.3 is 24.6 Å². The van der Waals surface area contributed by atoms with Crippen LogP contribution in [-0.2, 0) is 17.5 Å². The second-order valence-electron chi connectivity index (χ2n) is 10.6. The third-order valence-corrected chi connectivity index (χ3v) is 7.54. The van der Waals surface area contributed by atoms with E-state index < -0.39 is 29.3 Å². The Morgan fingerprint density at radius 2 is 1.81 bits per heavy atom. The molecule has 2 aromatic heterocycles. The number of alkyl halides is 3.